The quantitative estimate of drug-likeness (QED) is 0.888. The van der Waals surface area contributed by atoms with Gasteiger partial charge in [-0.3, -0.25) is 0 Å². The second kappa shape index (κ2) is 7.02. The van der Waals surface area contributed by atoms with Gasteiger partial charge in [0.2, 0.25) is 0 Å². The Morgan fingerprint density at radius 2 is 2.15 bits per heavy atom. The maximum atomic E-state index is 6.00. The van der Waals surface area contributed by atoms with Crippen LogP contribution in [0.15, 0.2) is 28.7 Å². The summed E-state index contributed by atoms with van der Waals surface area (Å²) in [5, 5.41) is 3.77. The maximum Gasteiger partial charge on any atom is 0.144 e. The van der Waals surface area contributed by atoms with Crippen LogP contribution >= 0.6 is 27.5 Å². The van der Waals surface area contributed by atoms with Crippen LogP contribution in [0, 0.1) is 0 Å². The second-order valence-electron chi connectivity index (χ2n) is 4.24. The number of aromatic nitrogens is 2. The molecule has 4 nitrogen and oxygen atoms in total. The molecule has 1 heterocycles. The molecular formula is C14H15BrClN3O. The van der Waals surface area contributed by atoms with Crippen molar-refractivity contribution in [2.24, 2.45) is 0 Å². The van der Waals surface area contributed by atoms with E-state index in [0.29, 0.717) is 18.1 Å². The van der Waals surface area contributed by atoms with Crippen molar-refractivity contribution < 1.29 is 4.74 Å². The Morgan fingerprint density at radius 1 is 1.35 bits per heavy atom. The highest BCUT2D eigenvalue weighted by Crippen LogP contribution is 2.24. The molecule has 0 aliphatic rings. The van der Waals surface area contributed by atoms with E-state index in [2.05, 4.69) is 31.2 Å². The molecule has 0 fully saturated rings. The Balaban J connectivity index is 2.34. The van der Waals surface area contributed by atoms with Crippen molar-refractivity contribution in [3.8, 4) is 0 Å². The molecule has 1 aromatic carbocycles. The van der Waals surface area contributed by atoms with Crippen LogP contribution in [-0.2, 0) is 17.8 Å². The summed E-state index contributed by atoms with van der Waals surface area (Å²) in [4.78, 5) is 9.02. The van der Waals surface area contributed by atoms with E-state index >= 15 is 0 Å². The number of hydrogen-bond donors (Lipinski definition) is 1. The lowest BCUT2D eigenvalue weighted by molar-refractivity contribution is 0.180. The molecule has 6 heteroatoms. The van der Waals surface area contributed by atoms with Gasteiger partial charge in [0.05, 0.1) is 16.8 Å². The largest absolute Gasteiger partial charge is 0.378 e. The van der Waals surface area contributed by atoms with E-state index in [1.165, 1.54) is 0 Å². The number of rotatable bonds is 5. The van der Waals surface area contributed by atoms with Gasteiger partial charge in [0.25, 0.3) is 0 Å². The number of hydrogen-bond acceptors (Lipinski definition) is 4. The Labute approximate surface area is 131 Å². The van der Waals surface area contributed by atoms with Crippen LogP contribution in [0.25, 0.3) is 0 Å². The van der Waals surface area contributed by atoms with Crippen molar-refractivity contribution in [1.29, 1.82) is 0 Å². The standard InChI is InChI=1S/C14H15BrClN3O/c1-17-14-13(15)11(8-20-2)18-12(19-14)7-9-4-3-5-10(16)6-9/h3-6H,7-8H2,1-2H3,(H,17,18,19). The number of nitrogens with zero attached hydrogens (tertiary/aromatic N) is 2. The Morgan fingerprint density at radius 3 is 2.80 bits per heavy atom. The SMILES string of the molecule is CNc1nc(Cc2cccc(Cl)c2)nc(COC)c1Br. The topological polar surface area (TPSA) is 47.0 Å². The molecule has 0 atom stereocenters. The highest BCUT2D eigenvalue weighted by atomic mass is 79.9. The summed E-state index contributed by atoms with van der Waals surface area (Å²) < 4.78 is 5.99. The molecule has 0 aliphatic carbocycles. The number of nitrogens with one attached hydrogen (secondary N) is 1. The Kier molecular flexibility index (Phi) is 5.34. The summed E-state index contributed by atoms with van der Waals surface area (Å²) in [5.74, 6) is 1.48. The fourth-order valence-electron chi connectivity index (χ4n) is 1.85. The van der Waals surface area contributed by atoms with Crippen molar-refractivity contribution in [2.45, 2.75) is 13.0 Å². The minimum absolute atomic E-state index is 0.431. The molecule has 20 heavy (non-hydrogen) atoms. The third kappa shape index (κ3) is 3.69. The van der Waals surface area contributed by atoms with E-state index in [4.69, 9.17) is 16.3 Å². The molecule has 0 aliphatic heterocycles. The first-order valence-electron chi connectivity index (χ1n) is 6.10. The monoisotopic (exact) mass is 355 g/mol. The molecule has 0 amide bonds. The van der Waals surface area contributed by atoms with Crippen molar-refractivity contribution >= 4 is 33.3 Å². The van der Waals surface area contributed by atoms with E-state index in [1.54, 1.807) is 7.11 Å². The highest BCUT2D eigenvalue weighted by Gasteiger charge is 2.11. The fourth-order valence-corrected chi connectivity index (χ4v) is 2.55. The molecule has 2 rings (SSSR count). The second-order valence-corrected chi connectivity index (χ2v) is 5.47. The van der Waals surface area contributed by atoms with Crippen molar-refractivity contribution in [2.75, 3.05) is 19.5 Å². The lowest BCUT2D eigenvalue weighted by Crippen LogP contribution is -2.07. The zero-order valence-electron chi connectivity index (χ0n) is 11.3. The molecular weight excluding hydrogens is 342 g/mol. The lowest BCUT2D eigenvalue weighted by Gasteiger charge is -2.10. The summed E-state index contributed by atoms with van der Waals surface area (Å²) in [6.07, 6.45) is 0.624. The normalized spacial score (nSPS) is 10.6. The van der Waals surface area contributed by atoms with Gasteiger partial charge in [0.1, 0.15) is 11.6 Å². The van der Waals surface area contributed by atoms with Crippen LogP contribution in [0.5, 0.6) is 0 Å². The number of ether oxygens (including phenoxy) is 1. The number of anilines is 1. The van der Waals surface area contributed by atoms with Crippen LogP contribution < -0.4 is 5.32 Å². The number of benzene rings is 1. The van der Waals surface area contributed by atoms with Gasteiger partial charge in [-0.25, -0.2) is 9.97 Å². The van der Waals surface area contributed by atoms with Gasteiger partial charge < -0.3 is 10.1 Å². The Hall–Kier alpha value is -1.17. The zero-order valence-corrected chi connectivity index (χ0v) is 13.6. The lowest BCUT2D eigenvalue weighted by atomic mass is 10.1. The molecule has 0 bridgehead atoms. The third-order valence-electron chi connectivity index (χ3n) is 2.74. The maximum absolute atomic E-state index is 6.00. The molecule has 1 aromatic heterocycles. The summed E-state index contributed by atoms with van der Waals surface area (Å²) in [5.41, 5.74) is 1.90. The average Bonchev–Trinajstić information content (AvgIpc) is 2.42. The molecule has 0 saturated carbocycles. The van der Waals surface area contributed by atoms with Gasteiger partial charge in [-0.15, -0.1) is 0 Å². The predicted octanol–water partition coefficient (Wildman–Crippen LogP) is 3.67. The van der Waals surface area contributed by atoms with Gasteiger partial charge in [0.15, 0.2) is 0 Å². The molecule has 1 N–H and O–H groups in total. The minimum Gasteiger partial charge on any atom is -0.378 e. The molecule has 0 saturated heterocycles. The van der Waals surface area contributed by atoms with Gasteiger partial charge in [-0.1, -0.05) is 23.7 Å². The molecule has 2 aromatic rings. The zero-order chi connectivity index (χ0) is 14.5. The van der Waals surface area contributed by atoms with Crippen LogP contribution in [0.2, 0.25) is 5.02 Å². The van der Waals surface area contributed by atoms with Crippen molar-refractivity contribution in [3.05, 3.63) is 50.8 Å². The predicted molar refractivity (Wildman–Crippen MR) is 84.2 cm³/mol. The molecule has 0 radical (unpaired) electrons. The van der Waals surface area contributed by atoms with Gasteiger partial charge in [-0.2, -0.15) is 0 Å². The van der Waals surface area contributed by atoms with Gasteiger partial charge in [-0.05, 0) is 33.6 Å². The summed E-state index contributed by atoms with van der Waals surface area (Å²) in [6, 6.07) is 7.70. The number of methoxy groups -OCH3 is 1. The van der Waals surface area contributed by atoms with Crippen LogP contribution in [0.1, 0.15) is 17.1 Å². The summed E-state index contributed by atoms with van der Waals surface area (Å²) in [6.45, 7) is 0.431. The van der Waals surface area contributed by atoms with E-state index in [1.807, 2.05) is 31.3 Å². The first-order chi connectivity index (χ1) is 9.63. The van der Waals surface area contributed by atoms with Crippen LogP contribution in [0.3, 0.4) is 0 Å². The third-order valence-corrected chi connectivity index (χ3v) is 3.80. The summed E-state index contributed by atoms with van der Waals surface area (Å²) in [7, 11) is 3.47. The molecule has 106 valence electrons. The van der Waals surface area contributed by atoms with E-state index in [-0.39, 0.29) is 0 Å². The smallest absolute Gasteiger partial charge is 0.144 e. The average molecular weight is 357 g/mol. The van der Waals surface area contributed by atoms with Gasteiger partial charge >= 0.3 is 0 Å². The Bertz CT molecular complexity index is 607. The molecule has 0 unspecified atom stereocenters. The van der Waals surface area contributed by atoms with E-state index in [0.717, 1.165) is 27.4 Å². The first-order valence-corrected chi connectivity index (χ1v) is 7.27. The van der Waals surface area contributed by atoms with Crippen molar-refractivity contribution in [3.63, 3.8) is 0 Å². The van der Waals surface area contributed by atoms with Crippen LogP contribution in [-0.4, -0.2) is 24.1 Å². The molecule has 0 spiro atoms. The van der Waals surface area contributed by atoms with Gasteiger partial charge in [0, 0.05) is 25.6 Å². The minimum atomic E-state index is 0.431. The summed E-state index contributed by atoms with van der Waals surface area (Å²) >= 11 is 9.48. The van der Waals surface area contributed by atoms with Crippen LogP contribution in [0.4, 0.5) is 5.82 Å². The number of halogens is 2. The van der Waals surface area contributed by atoms with E-state index < -0.39 is 0 Å². The van der Waals surface area contributed by atoms with E-state index in [9.17, 15) is 0 Å². The fraction of sp³-hybridized carbons (Fsp3) is 0.286. The highest BCUT2D eigenvalue weighted by molar-refractivity contribution is 9.10. The van der Waals surface area contributed by atoms with Crippen molar-refractivity contribution in [1.82, 2.24) is 9.97 Å². The first kappa shape index (κ1) is 15.2.